The summed E-state index contributed by atoms with van der Waals surface area (Å²) in [5.74, 6) is 2.17. The Morgan fingerprint density at radius 1 is 1.26 bits per heavy atom. The number of anilines is 1. The number of hydrogen-bond acceptors (Lipinski definition) is 4. The first kappa shape index (κ1) is 12.9. The van der Waals surface area contributed by atoms with Crippen LogP contribution in [0.2, 0.25) is 0 Å². The van der Waals surface area contributed by atoms with Gasteiger partial charge in [0, 0.05) is 37.6 Å². The van der Waals surface area contributed by atoms with E-state index >= 15 is 0 Å². The maximum Gasteiger partial charge on any atom is 0.222 e. The average molecular weight is 261 g/mol. The fourth-order valence-electron chi connectivity index (χ4n) is 3.11. The maximum atomic E-state index is 5.39. The van der Waals surface area contributed by atoms with Crippen LogP contribution in [-0.4, -0.2) is 29.7 Å². The van der Waals surface area contributed by atoms with Gasteiger partial charge in [-0.05, 0) is 37.7 Å². The van der Waals surface area contributed by atoms with Crippen molar-refractivity contribution in [2.45, 2.75) is 44.4 Å². The zero-order chi connectivity index (χ0) is 12.9. The molecule has 19 heavy (non-hydrogen) atoms. The second kappa shape index (κ2) is 6.33. The van der Waals surface area contributed by atoms with E-state index in [1.165, 1.54) is 37.8 Å². The van der Waals surface area contributed by atoms with Gasteiger partial charge in [-0.15, -0.1) is 0 Å². The molecule has 1 aromatic heterocycles. The third kappa shape index (κ3) is 3.44. The minimum Gasteiger partial charge on any atom is -0.381 e. The lowest BCUT2D eigenvalue weighted by Gasteiger charge is -2.11. The summed E-state index contributed by atoms with van der Waals surface area (Å²) < 4.78 is 5.39. The topological polar surface area (TPSA) is 47.0 Å². The molecule has 2 aliphatic rings. The molecule has 3 rings (SSSR count). The minimum absolute atomic E-state index is 0.659. The monoisotopic (exact) mass is 261 g/mol. The lowest BCUT2D eigenvalue weighted by molar-refractivity contribution is 0.185. The van der Waals surface area contributed by atoms with Crippen LogP contribution in [0.1, 0.15) is 50.1 Å². The number of hydrogen-bond donors (Lipinski definition) is 1. The Kier molecular flexibility index (Phi) is 4.28. The minimum atomic E-state index is 0.659. The molecule has 4 heteroatoms. The van der Waals surface area contributed by atoms with E-state index in [4.69, 9.17) is 4.74 Å². The molecule has 0 radical (unpaired) electrons. The fourth-order valence-corrected chi connectivity index (χ4v) is 3.11. The summed E-state index contributed by atoms with van der Waals surface area (Å²) >= 11 is 0. The predicted molar refractivity (Wildman–Crippen MR) is 75.3 cm³/mol. The van der Waals surface area contributed by atoms with Gasteiger partial charge in [-0.3, -0.25) is 0 Å². The first-order valence-corrected chi connectivity index (χ1v) is 7.56. The molecule has 1 atom stereocenters. The SMILES string of the molecule is c1cc(C2CCCC2)nc(NCC[C@H]2CCOC2)n1. The van der Waals surface area contributed by atoms with Gasteiger partial charge in [0.05, 0.1) is 0 Å². The van der Waals surface area contributed by atoms with Gasteiger partial charge in [0.1, 0.15) is 0 Å². The van der Waals surface area contributed by atoms with Gasteiger partial charge >= 0.3 is 0 Å². The molecule has 0 bridgehead atoms. The van der Waals surface area contributed by atoms with Crippen LogP contribution in [-0.2, 0) is 4.74 Å². The van der Waals surface area contributed by atoms with Crippen molar-refractivity contribution in [2.75, 3.05) is 25.1 Å². The van der Waals surface area contributed by atoms with Gasteiger partial charge < -0.3 is 10.1 Å². The highest BCUT2D eigenvalue weighted by Gasteiger charge is 2.19. The second-order valence-corrected chi connectivity index (χ2v) is 5.73. The maximum absolute atomic E-state index is 5.39. The van der Waals surface area contributed by atoms with Crippen molar-refractivity contribution in [3.8, 4) is 0 Å². The molecule has 1 saturated heterocycles. The lowest BCUT2D eigenvalue weighted by atomic mass is 10.0. The summed E-state index contributed by atoms with van der Waals surface area (Å²) in [4.78, 5) is 8.99. The number of nitrogens with zero attached hydrogens (tertiary/aromatic N) is 2. The van der Waals surface area contributed by atoms with E-state index in [1.807, 2.05) is 6.20 Å². The van der Waals surface area contributed by atoms with Crippen molar-refractivity contribution < 1.29 is 4.74 Å². The quantitative estimate of drug-likeness (QED) is 0.885. The summed E-state index contributed by atoms with van der Waals surface area (Å²) in [5, 5.41) is 3.36. The number of rotatable bonds is 5. The Morgan fingerprint density at radius 2 is 2.16 bits per heavy atom. The first-order valence-electron chi connectivity index (χ1n) is 7.56. The fraction of sp³-hybridized carbons (Fsp3) is 0.733. The van der Waals surface area contributed by atoms with Gasteiger partial charge in [-0.1, -0.05) is 12.8 Å². The van der Waals surface area contributed by atoms with Crippen molar-refractivity contribution in [1.29, 1.82) is 0 Å². The van der Waals surface area contributed by atoms with Crippen molar-refractivity contribution in [1.82, 2.24) is 9.97 Å². The third-order valence-electron chi connectivity index (χ3n) is 4.31. The van der Waals surface area contributed by atoms with E-state index in [0.717, 1.165) is 32.1 Å². The van der Waals surface area contributed by atoms with Gasteiger partial charge in [0.15, 0.2) is 0 Å². The molecule has 2 fully saturated rings. The molecular formula is C15H23N3O. The molecule has 2 heterocycles. The Bertz CT molecular complexity index is 398. The van der Waals surface area contributed by atoms with Crippen molar-refractivity contribution in [2.24, 2.45) is 5.92 Å². The highest BCUT2D eigenvalue weighted by molar-refractivity contribution is 5.26. The van der Waals surface area contributed by atoms with Gasteiger partial charge in [0.25, 0.3) is 0 Å². The standard InChI is InChI=1S/C15H23N3O/c1-2-4-13(3-1)14-6-9-17-15(18-14)16-8-5-12-7-10-19-11-12/h6,9,12-13H,1-5,7-8,10-11H2,(H,16,17,18)/t12-/m0/s1. The number of ether oxygens (including phenoxy) is 1. The van der Waals surface area contributed by atoms with Crippen LogP contribution < -0.4 is 5.32 Å². The van der Waals surface area contributed by atoms with Crippen LogP contribution in [0.4, 0.5) is 5.95 Å². The highest BCUT2D eigenvalue weighted by Crippen LogP contribution is 2.32. The van der Waals surface area contributed by atoms with Crippen LogP contribution >= 0.6 is 0 Å². The molecule has 1 N–H and O–H groups in total. The van der Waals surface area contributed by atoms with E-state index in [-0.39, 0.29) is 0 Å². The van der Waals surface area contributed by atoms with Gasteiger partial charge in [-0.2, -0.15) is 0 Å². The Balaban J connectivity index is 1.50. The van der Waals surface area contributed by atoms with E-state index in [1.54, 1.807) is 0 Å². The molecule has 1 aromatic rings. The molecule has 0 amide bonds. The largest absolute Gasteiger partial charge is 0.381 e. The molecule has 1 aliphatic heterocycles. The number of nitrogens with one attached hydrogen (secondary N) is 1. The zero-order valence-corrected chi connectivity index (χ0v) is 11.5. The normalized spacial score (nSPS) is 23.9. The van der Waals surface area contributed by atoms with Crippen molar-refractivity contribution in [3.05, 3.63) is 18.0 Å². The summed E-state index contributed by atoms with van der Waals surface area (Å²) in [6, 6.07) is 2.08. The van der Waals surface area contributed by atoms with Crippen LogP contribution in [0.15, 0.2) is 12.3 Å². The molecule has 104 valence electrons. The van der Waals surface area contributed by atoms with Gasteiger partial charge in [0.2, 0.25) is 5.95 Å². The molecule has 4 nitrogen and oxygen atoms in total. The van der Waals surface area contributed by atoms with Crippen molar-refractivity contribution in [3.63, 3.8) is 0 Å². The summed E-state index contributed by atoms with van der Waals surface area (Å²) in [5.41, 5.74) is 1.22. The van der Waals surface area contributed by atoms with Crippen LogP contribution in [0.25, 0.3) is 0 Å². The van der Waals surface area contributed by atoms with E-state index in [0.29, 0.717) is 11.8 Å². The average Bonchev–Trinajstić information content (AvgIpc) is 3.12. The van der Waals surface area contributed by atoms with Crippen LogP contribution in [0.5, 0.6) is 0 Å². The number of aromatic nitrogens is 2. The second-order valence-electron chi connectivity index (χ2n) is 5.73. The zero-order valence-electron chi connectivity index (χ0n) is 11.5. The van der Waals surface area contributed by atoms with E-state index < -0.39 is 0 Å². The Labute approximate surface area is 115 Å². The molecule has 0 aromatic carbocycles. The molecule has 1 saturated carbocycles. The first-order chi connectivity index (χ1) is 9.42. The molecular weight excluding hydrogens is 238 g/mol. The van der Waals surface area contributed by atoms with Crippen LogP contribution in [0, 0.1) is 5.92 Å². The van der Waals surface area contributed by atoms with E-state index in [9.17, 15) is 0 Å². The molecule has 0 unspecified atom stereocenters. The predicted octanol–water partition coefficient (Wildman–Crippen LogP) is 2.97. The third-order valence-corrected chi connectivity index (χ3v) is 4.31. The van der Waals surface area contributed by atoms with Crippen LogP contribution in [0.3, 0.4) is 0 Å². The highest BCUT2D eigenvalue weighted by atomic mass is 16.5. The molecule has 0 spiro atoms. The van der Waals surface area contributed by atoms with Crippen molar-refractivity contribution >= 4 is 5.95 Å². The lowest BCUT2D eigenvalue weighted by Crippen LogP contribution is -2.11. The molecule has 1 aliphatic carbocycles. The smallest absolute Gasteiger partial charge is 0.222 e. The summed E-state index contributed by atoms with van der Waals surface area (Å²) in [7, 11) is 0. The van der Waals surface area contributed by atoms with Gasteiger partial charge in [-0.25, -0.2) is 9.97 Å². The Hall–Kier alpha value is -1.16. The summed E-state index contributed by atoms with van der Waals surface area (Å²) in [6.07, 6.45) is 9.51. The Morgan fingerprint density at radius 3 is 2.95 bits per heavy atom. The van der Waals surface area contributed by atoms with E-state index in [2.05, 4.69) is 21.4 Å². The summed E-state index contributed by atoms with van der Waals surface area (Å²) in [6.45, 7) is 2.80.